The second-order valence-electron chi connectivity index (χ2n) is 9.66. The zero-order valence-electron chi connectivity index (χ0n) is 23.2. The topological polar surface area (TPSA) is 94.2 Å². The summed E-state index contributed by atoms with van der Waals surface area (Å²) in [5, 5.41) is 4.02. The number of imide groups is 2. The molecule has 1 aliphatic heterocycles. The van der Waals surface area contributed by atoms with Crippen LogP contribution in [-0.4, -0.2) is 36.5 Å². The predicted molar refractivity (Wildman–Crippen MR) is 163 cm³/mol. The number of benzene rings is 4. The first-order valence-corrected chi connectivity index (χ1v) is 14.2. The maximum Gasteiger partial charge on any atom is 0.331 e. The van der Waals surface area contributed by atoms with Gasteiger partial charge in [-0.1, -0.05) is 71.4 Å². The first-order valence-electron chi connectivity index (χ1n) is 13.5. The summed E-state index contributed by atoms with van der Waals surface area (Å²) in [5.41, 5.74) is 1.98. The van der Waals surface area contributed by atoms with Crippen LogP contribution in [0.1, 0.15) is 30.0 Å². The third kappa shape index (κ3) is 6.31. The molecule has 1 N–H and O–H groups in total. The largest absolute Gasteiger partial charge is 0.493 e. The standard InChI is InChI=1S/C33H29BrN2O6/c1-3-16-41-29-14-10-22(17-30(29)40-2)19-36-32(38)27(31(37)35-33(36)39)18-26-25-7-5-4-6-23(25)11-15-28(26)42-20-21-8-12-24(34)13-9-21/h4-15,17-18H,3,16,19-20H2,1-2H3,(H,35,37,39)/b27-18+. The lowest BCUT2D eigenvalue weighted by atomic mass is 9.99. The summed E-state index contributed by atoms with van der Waals surface area (Å²) in [5.74, 6) is 0.0798. The van der Waals surface area contributed by atoms with Crippen molar-refractivity contribution < 1.29 is 28.6 Å². The first kappa shape index (κ1) is 28.9. The Morgan fingerprint density at radius 2 is 1.60 bits per heavy atom. The van der Waals surface area contributed by atoms with Crippen LogP contribution in [0.2, 0.25) is 0 Å². The van der Waals surface area contributed by atoms with E-state index in [0.717, 1.165) is 32.1 Å². The number of carbonyl (C=O) groups is 3. The van der Waals surface area contributed by atoms with Crippen molar-refractivity contribution >= 4 is 50.6 Å². The van der Waals surface area contributed by atoms with Crippen LogP contribution < -0.4 is 19.5 Å². The van der Waals surface area contributed by atoms with Gasteiger partial charge in [-0.05, 0) is 64.7 Å². The van der Waals surface area contributed by atoms with E-state index >= 15 is 0 Å². The fourth-order valence-corrected chi connectivity index (χ4v) is 4.86. The van der Waals surface area contributed by atoms with Gasteiger partial charge in [0.05, 0.1) is 20.3 Å². The molecule has 9 heteroatoms. The lowest BCUT2D eigenvalue weighted by Gasteiger charge is -2.27. The molecule has 0 saturated carbocycles. The van der Waals surface area contributed by atoms with Crippen molar-refractivity contribution in [2.45, 2.75) is 26.5 Å². The van der Waals surface area contributed by atoms with Crippen LogP contribution in [0.3, 0.4) is 0 Å². The van der Waals surface area contributed by atoms with E-state index in [-0.39, 0.29) is 18.7 Å². The van der Waals surface area contributed by atoms with E-state index in [9.17, 15) is 14.4 Å². The second-order valence-corrected chi connectivity index (χ2v) is 10.6. The summed E-state index contributed by atoms with van der Waals surface area (Å²) in [6, 6.07) is 23.5. The predicted octanol–water partition coefficient (Wildman–Crippen LogP) is 6.64. The molecule has 4 aromatic carbocycles. The van der Waals surface area contributed by atoms with Crippen LogP contribution in [-0.2, 0) is 22.7 Å². The van der Waals surface area contributed by atoms with E-state index in [1.807, 2.05) is 67.6 Å². The van der Waals surface area contributed by atoms with E-state index in [2.05, 4.69) is 21.2 Å². The minimum atomic E-state index is -0.794. The number of fused-ring (bicyclic) bond motifs is 1. The first-order chi connectivity index (χ1) is 20.4. The number of nitrogens with one attached hydrogen (secondary N) is 1. The van der Waals surface area contributed by atoms with Crippen molar-refractivity contribution in [3.8, 4) is 17.2 Å². The molecular weight excluding hydrogens is 600 g/mol. The molecule has 0 unspecified atom stereocenters. The smallest absolute Gasteiger partial charge is 0.331 e. The summed E-state index contributed by atoms with van der Waals surface area (Å²) in [7, 11) is 1.52. The molecular formula is C33H29BrN2O6. The van der Waals surface area contributed by atoms with E-state index in [1.54, 1.807) is 18.2 Å². The summed E-state index contributed by atoms with van der Waals surface area (Å²) >= 11 is 3.44. The monoisotopic (exact) mass is 628 g/mol. The van der Waals surface area contributed by atoms with Crippen molar-refractivity contribution in [3.05, 3.63) is 106 Å². The molecule has 0 atom stereocenters. The van der Waals surface area contributed by atoms with Gasteiger partial charge in [0, 0.05) is 10.0 Å². The Bertz CT molecular complexity index is 1680. The van der Waals surface area contributed by atoms with Crippen LogP contribution in [0, 0.1) is 0 Å². The van der Waals surface area contributed by atoms with Crippen molar-refractivity contribution in [2.75, 3.05) is 13.7 Å². The Kier molecular flexibility index (Phi) is 8.88. The molecule has 4 amide bonds. The maximum absolute atomic E-state index is 13.7. The molecule has 0 bridgehead atoms. The van der Waals surface area contributed by atoms with E-state index in [0.29, 0.717) is 35.0 Å². The van der Waals surface area contributed by atoms with E-state index in [1.165, 1.54) is 13.2 Å². The number of hydrogen-bond donors (Lipinski definition) is 1. The molecule has 4 aromatic rings. The van der Waals surface area contributed by atoms with Crippen LogP contribution >= 0.6 is 15.9 Å². The number of rotatable bonds is 10. The fraction of sp³-hybridized carbons (Fsp3) is 0.182. The maximum atomic E-state index is 13.7. The van der Waals surface area contributed by atoms with Gasteiger partial charge in [-0.25, -0.2) is 4.79 Å². The molecule has 1 heterocycles. The van der Waals surface area contributed by atoms with Gasteiger partial charge in [0.2, 0.25) is 0 Å². The third-order valence-corrected chi connectivity index (χ3v) is 7.27. The van der Waals surface area contributed by atoms with Crippen molar-refractivity contribution in [3.63, 3.8) is 0 Å². The van der Waals surface area contributed by atoms with Gasteiger partial charge in [0.15, 0.2) is 11.5 Å². The minimum absolute atomic E-state index is 0.0673. The molecule has 1 saturated heterocycles. The minimum Gasteiger partial charge on any atom is -0.493 e. The number of amides is 4. The molecule has 1 aliphatic rings. The van der Waals surface area contributed by atoms with Crippen LogP contribution in [0.5, 0.6) is 17.2 Å². The SMILES string of the molecule is CCCOc1ccc(CN2C(=O)NC(=O)/C(=C\c3c(OCc4ccc(Br)cc4)ccc4ccccc34)C2=O)cc1OC. The highest BCUT2D eigenvalue weighted by Crippen LogP contribution is 2.33. The lowest BCUT2D eigenvalue weighted by molar-refractivity contribution is -0.130. The number of nitrogens with zero attached hydrogens (tertiary/aromatic N) is 1. The molecule has 42 heavy (non-hydrogen) atoms. The number of ether oxygens (including phenoxy) is 3. The number of hydrogen-bond acceptors (Lipinski definition) is 6. The van der Waals surface area contributed by atoms with Gasteiger partial charge in [0.1, 0.15) is 17.9 Å². The highest BCUT2D eigenvalue weighted by atomic mass is 79.9. The molecule has 0 aromatic heterocycles. The molecule has 1 fully saturated rings. The van der Waals surface area contributed by atoms with Crippen LogP contribution in [0.25, 0.3) is 16.8 Å². The fourth-order valence-electron chi connectivity index (χ4n) is 4.60. The Balaban J connectivity index is 1.47. The van der Waals surface area contributed by atoms with Crippen LogP contribution in [0.15, 0.2) is 88.9 Å². The average Bonchev–Trinajstić information content (AvgIpc) is 3.00. The number of urea groups is 1. The Morgan fingerprint density at radius 1 is 0.857 bits per heavy atom. The summed E-state index contributed by atoms with van der Waals surface area (Å²) in [6.07, 6.45) is 2.34. The highest BCUT2D eigenvalue weighted by molar-refractivity contribution is 9.10. The van der Waals surface area contributed by atoms with Crippen molar-refractivity contribution in [1.82, 2.24) is 10.2 Å². The molecule has 0 aliphatic carbocycles. The highest BCUT2D eigenvalue weighted by Gasteiger charge is 2.36. The second kappa shape index (κ2) is 12.9. The number of carbonyl (C=O) groups excluding carboxylic acids is 3. The van der Waals surface area contributed by atoms with Crippen molar-refractivity contribution in [2.24, 2.45) is 0 Å². The average molecular weight is 630 g/mol. The van der Waals surface area contributed by atoms with Gasteiger partial charge in [0.25, 0.3) is 11.8 Å². The van der Waals surface area contributed by atoms with Crippen LogP contribution in [0.4, 0.5) is 4.79 Å². The molecule has 0 radical (unpaired) electrons. The third-order valence-electron chi connectivity index (χ3n) is 6.74. The van der Waals surface area contributed by atoms with Crippen molar-refractivity contribution in [1.29, 1.82) is 0 Å². The van der Waals surface area contributed by atoms with Gasteiger partial charge >= 0.3 is 6.03 Å². The zero-order chi connectivity index (χ0) is 29.6. The number of barbiturate groups is 1. The molecule has 0 spiro atoms. The number of halogens is 1. The quantitative estimate of drug-likeness (QED) is 0.156. The van der Waals surface area contributed by atoms with E-state index < -0.39 is 17.8 Å². The summed E-state index contributed by atoms with van der Waals surface area (Å²) in [6.45, 7) is 2.75. The molecule has 8 nitrogen and oxygen atoms in total. The Morgan fingerprint density at radius 3 is 2.36 bits per heavy atom. The summed E-state index contributed by atoms with van der Waals surface area (Å²) in [4.78, 5) is 40.5. The van der Waals surface area contributed by atoms with E-state index in [4.69, 9.17) is 14.2 Å². The van der Waals surface area contributed by atoms with Gasteiger partial charge < -0.3 is 14.2 Å². The Hall–Kier alpha value is -4.63. The summed E-state index contributed by atoms with van der Waals surface area (Å²) < 4.78 is 18.3. The zero-order valence-corrected chi connectivity index (χ0v) is 24.8. The number of methoxy groups -OCH3 is 1. The molecule has 5 rings (SSSR count). The molecule has 214 valence electrons. The normalized spacial score (nSPS) is 14.3. The Labute approximate surface area is 252 Å². The van der Waals surface area contributed by atoms with Gasteiger partial charge in [-0.2, -0.15) is 0 Å². The van der Waals surface area contributed by atoms with Gasteiger partial charge in [-0.3, -0.25) is 19.8 Å². The van der Waals surface area contributed by atoms with Gasteiger partial charge in [-0.15, -0.1) is 0 Å². The lowest BCUT2D eigenvalue weighted by Crippen LogP contribution is -2.53.